The van der Waals surface area contributed by atoms with Crippen LogP contribution in [-0.2, 0) is 4.79 Å². The highest BCUT2D eigenvalue weighted by atomic mass is 79.9. The first kappa shape index (κ1) is 12.9. The smallest absolute Gasteiger partial charge is 0.308 e. The summed E-state index contributed by atoms with van der Waals surface area (Å²) in [7, 11) is 0. The number of likely N-dealkylation sites (tertiary alicyclic amines) is 1. The highest BCUT2D eigenvalue weighted by Crippen LogP contribution is 2.23. The molecule has 1 aliphatic heterocycles. The van der Waals surface area contributed by atoms with Crippen molar-refractivity contribution in [2.45, 2.75) is 6.42 Å². The Balaban J connectivity index is 2.15. The van der Waals surface area contributed by atoms with E-state index in [1.54, 1.807) is 23.1 Å². The predicted octanol–water partition coefficient (Wildman–Crippen LogP) is 1.58. The standard InChI is InChI=1S/C12H13BrN2O3/c13-8-1-2-9(10(14)5-8)11(16)15-4-3-7(6-15)12(17)18/h1-2,5,7H,3-4,6,14H2,(H,17,18). The molecule has 0 aliphatic carbocycles. The van der Waals surface area contributed by atoms with Crippen LogP contribution in [0.4, 0.5) is 5.69 Å². The minimum atomic E-state index is -0.853. The fraction of sp³-hybridized carbons (Fsp3) is 0.333. The van der Waals surface area contributed by atoms with Crippen LogP contribution in [0.2, 0.25) is 0 Å². The van der Waals surface area contributed by atoms with Crippen molar-refractivity contribution in [3.8, 4) is 0 Å². The maximum Gasteiger partial charge on any atom is 0.308 e. The summed E-state index contributed by atoms with van der Waals surface area (Å²) in [5, 5.41) is 8.91. The van der Waals surface area contributed by atoms with Crippen molar-refractivity contribution < 1.29 is 14.7 Å². The van der Waals surface area contributed by atoms with Gasteiger partial charge in [-0.15, -0.1) is 0 Å². The van der Waals surface area contributed by atoms with Gasteiger partial charge in [-0.2, -0.15) is 0 Å². The van der Waals surface area contributed by atoms with Crippen LogP contribution in [-0.4, -0.2) is 35.0 Å². The van der Waals surface area contributed by atoms with E-state index >= 15 is 0 Å². The van der Waals surface area contributed by atoms with Gasteiger partial charge in [-0.1, -0.05) is 15.9 Å². The molecule has 0 saturated carbocycles. The highest BCUT2D eigenvalue weighted by molar-refractivity contribution is 9.10. The number of nitrogens with two attached hydrogens (primary N) is 1. The van der Waals surface area contributed by atoms with Crippen molar-refractivity contribution in [3.63, 3.8) is 0 Å². The van der Waals surface area contributed by atoms with Gasteiger partial charge in [0.05, 0.1) is 11.5 Å². The summed E-state index contributed by atoms with van der Waals surface area (Å²) in [6.07, 6.45) is 0.498. The van der Waals surface area contributed by atoms with Crippen LogP contribution in [0.5, 0.6) is 0 Å². The first-order valence-electron chi connectivity index (χ1n) is 5.56. The first-order valence-corrected chi connectivity index (χ1v) is 6.35. The lowest BCUT2D eigenvalue weighted by molar-refractivity contribution is -0.141. The number of amides is 1. The molecular weight excluding hydrogens is 300 g/mol. The molecule has 1 aromatic rings. The fourth-order valence-electron chi connectivity index (χ4n) is 2.04. The van der Waals surface area contributed by atoms with E-state index in [2.05, 4.69) is 15.9 Å². The Hall–Kier alpha value is -1.56. The molecule has 5 nitrogen and oxygen atoms in total. The van der Waals surface area contributed by atoms with Gasteiger partial charge in [0.15, 0.2) is 0 Å². The average molecular weight is 313 g/mol. The molecule has 1 heterocycles. The van der Waals surface area contributed by atoms with E-state index in [-0.39, 0.29) is 12.5 Å². The topological polar surface area (TPSA) is 83.6 Å². The third kappa shape index (κ3) is 2.48. The van der Waals surface area contributed by atoms with Crippen LogP contribution in [0.3, 0.4) is 0 Å². The Labute approximate surface area is 113 Å². The number of carboxylic acids is 1. The number of nitrogen functional groups attached to an aromatic ring is 1. The number of halogens is 1. The molecule has 18 heavy (non-hydrogen) atoms. The summed E-state index contributed by atoms with van der Waals surface area (Å²) in [6.45, 7) is 0.717. The molecule has 1 unspecified atom stereocenters. The molecule has 1 saturated heterocycles. The molecule has 0 radical (unpaired) electrons. The van der Waals surface area contributed by atoms with Crippen LogP contribution in [0.15, 0.2) is 22.7 Å². The van der Waals surface area contributed by atoms with Crippen molar-refractivity contribution in [1.29, 1.82) is 0 Å². The number of rotatable bonds is 2. The molecule has 6 heteroatoms. The summed E-state index contributed by atoms with van der Waals surface area (Å²) < 4.78 is 0.807. The normalized spacial score (nSPS) is 18.9. The molecule has 3 N–H and O–H groups in total. The van der Waals surface area contributed by atoms with E-state index in [1.165, 1.54) is 0 Å². The van der Waals surface area contributed by atoms with Crippen molar-refractivity contribution in [2.24, 2.45) is 5.92 Å². The monoisotopic (exact) mass is 312 g/mol. The lowest BCUT2D eigenvalue weighted by Gasteiger charge is -2.17. The third-order valence-corrected chi connectivity index (χ3v) is 3.56. The number of carboxylic acid groups (broad SMARTS) is 1. The quantitative estimate of drug-likeness (QED) is 0.812. The summed E-state index contributed by atoms with van der Waals surface area (Å²) in [5.41, 5.74) is 6.61. The third-order valence-electron chi connectivity index (χ3n) is 3.07. The Morgan fingerprint density at radius 3 is 2.72 bits per heavy atom. The lowest BCUT2D eigenvalue weighted by atomic mass is 10.1. The number of benzene rings is 1. The molecule has 1 fully saturated rings. The van der Waals surface area contributed by atoms with Crippen molar-refractivity contribution in [2.75, 3.05) is 18.8 Å². The Morgan fingerprint density at radius 2 is 2.17 bits per heavy atom. The van der Waals surface area contributed by atoms with Crippen LogP contribution >= 0.6 is 15.9 Å². The van der Waals surface area contributed by atoms with Crippen molar-refractivity contribution in [3.05, 3.63) is 28.2 Å². The Bertz CT molecular complexity index is 504. The van der Waals surface area contributed by atoms with E-state index in [0.717, 1.165) is 4.47 Å². The SMILES string of the molecule is Nc1cc(Br)ccc1C(=O)N1CCC(C(=O)O)C1. The predicted molar refractivity (Wildman–Crippen MR) is 70.2 cm³/mol. The number of nitrogens with zero attached hydrogens (tertiary/aromatic N) is 1. The van der Waals surface area contributed by atoms with Gasteiger partial charge < -0.3 is 15.7 Å². The minimum Gasteiger partial charge on any atom is -0.481 e. The molecular formula is C12H13BrN2O3. The zero-order valence-electron chi connectivity index (χ0n) is 9.60. The fourth-order valence-corrected chi connectivity index (χ4v) is 2.42. The van der Waals surface area contributed by atoms with Crippen LogP contribution < -0.4 is 5.73 Å². The van der Waals surface area contributed by atoms with Gasteiger partial charge in [-0.05, 0) is 24.6 Å². The Morgan fingerprint density at radius 1 is 1.44 bits per heavy atom. The van der Waals surface area contributed by atoms with E-state index in [9.17, 15) is 9.59 Å². The van der Waals surface area contributed by atoms with Gasteiger partial charge in [0.25, 0.3) is 5.91 Å². The second kappa shape index (κ2) is 4.97. The molecule has 2 rings (SSSR count). The molecule has 1 atom stereocenters. The average Bonchev–Trinajstić information content (AvgIpc) is 2.77. The van der Waals surface area contributed by atoms with Crippen LogP contribution in [0, 0.1) is 5.92 Å². The number of hydrogen-bond donors (Lipinski definition) is 2. The summed E-state index contributed by atoms with van der Waals surface area (Å²) in [5.74, 6) is -1.52. The van der Waals surface area contributed by atoms with Gasteiger partial charge in [0.1, 0.15) is 0 Å². The van der Waals surface area contributed by atoms with E-state index in [4.69, 9.17) is 10.8 Å². The molecule has 0 aromatic heterocycles. The number of carbonyl (C=O) groups excluding carboxylic acids is 1. The van der Waals surface area contributed by atoms with E-state index in [0.29, 0.717) is 24.2 Å². The zero-order valence-corrected chi connectivity index (χ0v) is 11.2. The molecule has 96 valence electrons. The summed E-state index contributed by atoms with van der Waals surface area (Å²) in [4.78, 5) is 24.6. The summed E-state index contributed by atoms with van der Waals surface area (Å²) in [6, 6.07) is 5.06. The second-order valence-electron chi connectivity index (χ2n) is 4.31. The van der Waals surface area contributed by atoms with Crippen molar-refractivity contribution in [1.82, 2.24) is 4.90 Å². The maximum absolute atomic E-state index is 12.2. The second-order valence-corrected chi connectivity index (χ2v) is 5.22. The van der Waals surface area contributed by atoms with Gasteiger partial charge >= 0.3 is 5.97 Å². The largest absolute Gasteiger partial charge is 0.481 e. The maximum atomic E-state index is 12.2. The van der Waals surface area contributed by atoms with E-state index < -0.39 is 11.9 Å². The molecule has 1 amide bonds. The molecule has 0 spiro atoms. The number of hydrogen-bond acceptors (Lipinski definition) is 3. The Kier molecular flexibility index (Phi) is 3.56. The number of carbonyl (C=O) groups is 2. The van der Waals surface area contributed by atoms with Crippen LogP contribution in [0.1, 0.15) is 16.8 Å². The van der Waals surface area contributed by atoms with Crippen LogP contribution in [0.25, 0.3) is 0 Å². The van der Waals surface area contributed by atoms with Gasteiger partial charge in [-0.3, -0.25) is 9.59 Å². The molecule has 1 aromatic carbocycles. The van der Waals surface area contributed by atoms with Gasteiger partial charge in [0.2, 0.25) is 0 Å². The minimum absolute atomic E-state index is 0.205. The van der Waals surface area contributed by atoms with Gasteiger partial charge in [-0.25, -0.2) is 0 Å². The zero-order chi connectivity index (χ0) is 13.3. The van der Waals surface area contributed by atoms with E-state index in [1.807, 2.05) is 0 Å². The summed E-state index contributed by atoms with van der Waals surface area (Å²) >= 11 is 3.27. The highest BCUT2D eigenvalue weighted by Gasteiger charge is 2.31. The molecule has 1 aliphatic rings. The first-order chi connectivity index (χ1) is 8.49. The van der Waals surface area contributed by atoms with Crippen molar-refractivity contribution >= 4 is 33.5 Å². The van der Waals surface area contributed by atoms with Gasteiger partial charge in [0, 0.05) is 23.2 Å². The lowest BCUT2D eigenvalue weighted by Crippen LogP contribution is -2.30. The molecule has 0 bridgehead atoms. The number of anilines is 1. The number of aliphatic carboxylic acids is 1.